The predicted octanol–water partition coefficient (Wildman–Crippen LogP) is 6.89. The van der Waals surface area contributed by atoms with Crippen molar-refractivity contribution in [2.45, 2.75) is 100 Å². The summed E-state index contributed by atoms with van der Waals surface area (Å²) in [5.41, 5.74) is 3.64. The molecule has 2 spiro atoms. The number of methoxy groups -OCH3 is 2. The summed E-state index contributed by atoms with van der Waals surface area (Å²) < 4.78 is 45.8. The minimum atomic E-state index is -0.389. The van der Waals surface area contributed by atoms with Gasteiger partial charge in [-0.2, -0.15) is 0 Å². The highest BCUT2D eigenvalue weighted by Gasteiger charge is 2.54. The zero-order chi connectivity index (χ0) is 35.0. The van der Waals surface area contributed by atoms with Crippen LogP contribution in [0, 0.1) is 11.8 Å². The highest BCUT2D eigenvalue weighted by atomic mass is 16.7. The van der Waals surface area contributed by atoms with Gasteiger partial charge in [0.25, 0.3) is 0 Å². The average Bonchev–Trinajstić information content (AvgIpc) is 3.73. The first-order valence-electron chi connectivity index (χ1n) is 18.5. The number of carbonyl (C=O) groups is 2. The van der Waals surface area contributed by atoms with Crippen LogP contribution in [0.15, 0.2) is 36.4 Å². The van der Waals surface area contributed by atoms with Gasteiger partial charge in [-0.3, -0.25) is 0 Å². The Morgan fingerprint density at radius 2 is 1.02 bits per heavy atom. The summed E-state index contributed by atoms with van der Waals surface area (Å²) in [6, 6.07) is 11.5. The van der Waals surface area contributed by atoms with E-state index in [-0.39, 0.29) is 34.3 Å². The van der Waals surface area contributed by atoms with Crippen LogP contribution in [0.4, 0.5) is 0 Å². The quantitative estimate of drug-likeness (QED) is 0.314. The molecule has 6 aliphatic rings. The third kappa shape index (κ3) is 6.10. The summed E-state index contributed by atoms with van der Waals surface area (Å²) in [5.74, 6) is 1.14. The van der Waals surface area contributed by atoms with Crippen molar-refractivity contribution in [1.82, 2.24) is 0 Å². The lowest BCUT2D eigenvalue weighted by atomic mass is 9.59. The minimum Gasteiger partial charge on any atom is -0.493 e. The number of fused-ring (bicyclic) bond motifs is 6. The first-order chi connectivity index (χ1) is 24.2. The van der Waals surface area contributed by atoms with Gasteiger partial charge in [0, 0.05) is 47.6 Å². The molecule has 2 aromatic rings. The molecule has 10 heteroatoms. The number of hydrogen-bond acceptors (Lipinski definition) is 10. The van der Waals surface area contributed by atoms with E-state index in [0.29, 0.717) is 62.6 Å². The second-order valence-electron chi connectivity index (χ2n) is 14.7. The van der Waals surface area contributed by atoms with Gasteiger partial charge in [0.15, 0.2) is 11.6 Å². The van der Waals surface area contributed by atoms with E-state index in [0.717, 1.165) is 75.7 Å². The first-order valence-corrected chi connectivity index (χ1v) is 18.5. The summed E-state index contributed by atoms with van der Waals surface area (Å²) >= 11 is 0. The molecule has 10 nitrogen and oxygen atoms in total. The first kappa shape index (κ1) is 35.2. The zero-order valence-electron chi connectivity index (χ0n) is 30.0. The van der Waals surface area contributed by atoms with Gasteiger partial charge in [-0.1, -0.05) is 26.0 Å². The maximum absolute atomic E-state index is 11.9. The Balaban J connectivity index is 0.000000157. The molecule has 0 unspecified atom stereocenters. The van der Waals surface area contributed by atoms with Crippen LogP contribution in [0.25, 0.3) is 0 Å². The number of benzene rings is 2. The van der Waals surface area contributed by atoms with Crippen molar-refractivity contribution in [1.29, 1.82) is 0 Å². The molecular weight excluding hydrogens is 640 g/mol. The highest BCUT2D eigenvalue weighted by molar-refractivity contribution is 5.90. The summed E-state index contributed by atoms with van der Waals surface area (Å²) in [6.45, 7) is 8.60. The van der Waals surface area contributed by atoms with Crippen molar-refractivity contribution in [2.24, 2.45) is 11.8 Å². The maximum Gasteiger partial charge on any atom is 0.337 e. The van der Waals surface area contributed by atoms with E-state index in [4.69, 9.17) is 37.9 Å². The maximum atomic E-state index is 11.9. The number of hydrogen-bond donors (Lipinski definition) is 0. The van der Waals surface area contributed by atoms with Crippen LogP contribution in [-0.4, -0.2) is 77.4 Å². The van der Waals surface area contributed by atoms with Crippen LogP contribution in [0.1, 0.15) is 110 Å². The SMILES string of the molecule is CC[C@@]12CCC3(C[C@@H]1CCOc1cc(C(=O)OC)ccc12)OCCO3.CC[C@]12CCC3(C[C@H]1CCOc1cc(C(=O)OC)ccc12)OCCO3. The topological polar surface area (TPSA) is 108 Å². The Hall–Kier alpha value is -3.18. The number of esters is 2. The van der Waals surface area contributed by atoms with Crippen molar-refractivity contribution in [2.75, 3.05) is 53.9 Å². The molecule has 4 heterocycles. The van der Waals surface area contributed by atoms with E-state index in [1.165, 1.54) is 25.3 Å². The molecule has 4 atom stereocenters. The lowest BCUT2D eigenvalue weighted by Crippen LogP contribution is -2.48. The molecule has 0 amide bonds. The van der Waals surface area contributed by atoms with E-state index in [1.54, 1.807) is 0 Å². The monoisotopic (exact) mass is 692 g/mol. The smallest absolute Gasteiger partial charge is 0.337 e. The Morgan fingerprint density at radius 1 is 0.620 bits per heavy atom. The van der Waals surface area contributed by atoms with Crippen molar-refractivity contribution in [3.8, 4) is 11.5 Å². The Labute approximate surface area is 295 Å². The van der Waals surface area contributed by atoms with E-state index in [2.05, 4.69) is 26.0 Å². The van der Waals surface area contributed by atoms with Gasteiger partial charge in [0.1, 0.15) is 11.5 Å². The van der Waals surface area contributed by atoms with E-state index >= 15 is 0 Å². The van der Waals surface area contributed by atoms with Crippen molar-refractivity contribution < 1.29 is 47.5 Å². The van der Waals surface area contributed by atoms with Gasteiger partial charge in [-0.15, -0.1) is 0 Å². The highest BCUT2D eigenvalue weighted by Crippen LogP contribution is 2.57. The average molecular weight is 693 g/mol. The third-order valence-corrected chi connectivity index (χ3v) is 12.8. The zero-order valence-corrected chi connectivity index (χ0v) is 30.0. The number of ether oxygens (including phenoxy) is 8. The Kier molecular flexibility index (Phi) is 9.93. The molecule has 0 radical (unpaired) electrons. The van der Waals surface area contributed by atoms with Crippen molar-refractivity contribution in [3.63, 3.8) is 0 Å². The molecule has 2 saturated carbocycles. The molecule has 0 bridgehead atoms. The molecule has 0 N–H and O–H groups in total. The van der Waals surface area contributed by atoms with E-state index < -0.39 is 0 Å². The summed E-state index contributed by atoms with van der Waals surface area (Å²) in [7, 11) is 2.81. The van der Waals surface area contributed by atoms with Gasteiger partial charge in [0.05, 0.1) is 65.0 Å². The number of carbonyl (C=O) groups excluding carboxylic acids is 2. The van der Waals surface area contributed by atoms with Crippen LogP contribution in [-0.2, 0) is 39.3 Å². The van der Waals surface area contributed by atoms with Gasteiger partial charge >= 0.3 is 11.9 Å². The van der Waals surface area contributed by atoms with Gasteiger partial charge in [-0.05, 0) is 74.6 Å². The molecule has 8 rings (SSSR count). The molecule has 0 aromatic heterocycles. The van der Waals surface area contributed by atoms with Crippen LogP contribution in [0.2, 0.25) is 0 Å². The Morgan fingerprint density at radius 3 is 1.38 bits per heavy atom. The van der Waals surface area contributed by atoms with Gasteiger partial charge in [-0.25, -0.2) is 9.59 Å². The molecule has 4 aliphatic heterocycles. The Bertz CT molecular complexity index is 1440. The van der Waals surface area contributed by atoms with Gasteiger partial charge in [0.2, 0.25) is 0 Å². The normalized spacial score (nSPS) is 30.1. The second-order valence-corrected chi connectivity index (χ2v) is 14.7. The molecule has 2 aliphatic carbocycles. The summed E-state index contributed by atoms with van der Waals surface area (Å²) in [5, 5.41) is 0. The standard InChI is InChI=1S/2C20H26O5/c2*1-3-19-7-8-20(24-10-11-25-20)13-15(19)6-9-23-17-12-14(18(21)22-2)4-5-16(17)19/h2*4-5,12,15H,3,6-11,13H2,1-2H3/t2*15-,19+/m10/s1. The number of rotatable bonds is 4. The molecule has 4 fully saturated rings. The predicted molar refractivity (Wildman–Crippen MR) is 184 cm³/mol. The van der Waals surface area contributed by atoms with Crippen LogP contribution in [0.5, 0.6) is 11.5 Å². The van der Waals surface area contributed by atoms with Crippen molar-refractivity contribution >= 4 is 11.9 Å². The van der Waals surface area contributed by atoms with Gasteiger partial charge < -0.3 is 37.9 Å². The lowest BCUT2D eigenvalue weighted by Gasteiger charge is -2.49. The summed E-state index contributed by atoms with van der Waals surface area (Å²) in [6.07, 6.45) is 9.73. The molecule has 2 saturated heterocycles. The molecule has 50 heavy (non-hydrogen) atoms. The molecule has 272 valence electrons. The van der Waals surface area contributed by atoms with Crippen LogP contribution < -0.4 is 9.47 Å². The second kappa shape index (κ2) is 14.1. The lowest BCUT2D eigenvalue weighted by molar-refractivity contribution is -0.199. The van der Waals surface area contributed by atoms with Crippen molar-refractivity contribution in [3.05, 3.63) is 58.7 Å². The fourth-order valence-electron chi connectivity index (χ4n) is 10.1. The fourth-order valence-corrected chi connectivity index (χ4v) is 10.1. The van der Waals surface area contributed by atoms with E-state index in [9.17, 15) is 9.59 Å². The molecule has 2 aromatic carbocycles. The molecular formula is C40H52O10. The minimum absolute atomic E-state index is 0.0566. The van der Waals surface area contributed by atoms with Crippen LogP contribution in [0.3, 0.4) is 0 Å². The fraction of sp³-hybridized carbons (Fsp3) is 0.650. The van der Waals surface area contributed by atoms with Crippen LogP contribution >= 0.6 is 0 Å². The third-order valence-electron chi connectivity index (χ3n) is 12.8. The summed E-state index contributed by atoms with van der Waals surface area (Å²) in [4.78, 5) is 23.8. The van der Waals surface area contributed by atoms with E-state index in [1.807, 2.05) is 24.3 Å². The largest absolute Gasteiger partial charge is 0.493 e.